The van der Waals surface area contributed by atoms with Crippen molar-refractivity contribution in [2.75, 3.05) is 18.7 Å². The lowest BCUT2D eigenvalue weighted by atomic mass is 9.93. The first-order chi connectivity index (χ1) is 8.99. The molecule has 1 heterocycles. The molecule has 1 aliphatic carbocycles. The molecule has 19 heavy (non-hydrogen) atoms. The molecule has 6 heteroatoms. The number of hydrogen-bond donors (Lipinski definition) is 1. The zero-order valence-corrected chi connectivity index (χ0v) is 12.1. The Balaban J connectivity index is 2.00. The number of hydrogen-bond acceptors (Lipinski definition) is 5. The van der Waals surface area contributed by atoms with E-state index in [4.69, 9.17) is 4.74 Å². The zero-order valence-electron chi connectivity index (χ0n) is 11.3. The third-order valence-electron chi connectivity index (χ3n) is 3.45. The molecule has 1 aliphatic rings. The number of pyridine rings is 1. The third-order valence-corrected chi connectivity index (χ3v) is 4.45. The molecule has 0 radical (unpaired) electrons. The van der Waals surface area contributed by atoms with Crippen LogP contribution < -0.4 is 5.32 Å². The van der Waals surface area contributed by atoms with Crippen LogP contribution in [0, 0.1) is 0 Å². The number of sulfone groups is 1. The van der Waals surface area contributed by atoms with Crippen LogP contribution in [-0.2, 0) is 14.6 Å². The van der Waals surface area contributed by atoms with E-state index in [9.17, 15) is 8.42 Å². The minimum absolute atomic E-state index is 0.108. The lowest BCUT2D eigenvalue weighted by Crippen LogP contribution is -2.31. The molecule has 1 fully saturated rings. The van der Waals surface area contributed by atoms with Gasteiger partial charge in [0, 0.05) is 19.4 Å². The van der Waals surface area contributed by atoms with Gasteiger partial charge in [0.25, 0.3) is 0 Å². The van der Waals surface area contributed by atoms with Gasteiger partial charge in [-0.25, -0.2) is 13.4 Å². The van der Waals surface area contributed by atoms with Crippen molar-refractivity contribution in [3.63, 3.8) is 0 Å². The number of nitrogens with one attached hydrogen (secondary N) is 1. The van der Waals surface area contributed by atoms with Gasteiger partial charge >= 0.3 is 0 Å². The Bertz CT molecular complexity index is 513. The van der Waals surface area contributed by atoms with Crippen LogP contribution in [0.3, 0.4) is 0 Å². The van der Waals surface area contributed by atoms with Gasteiger partial charge in [-0.15, -0.1) is 0 Å². The van der Waals surface area contributed by atoms with Crippen LogP contribution in [0.4, 0.5) is 5.69 Å². The molecule has 0 bridgehead atoms. The molecule has 1 aromatic heterocycles. The van der Waals surface area contributed by atoms with Crippen molar-refractivity contribution in [3.05, 3.63) is 18.3 Å². The molecule has 0 amide bonds. The van der Waals surface area contributed by atoms with Gasteiger partial charge in [0.1, 0.15) is 0 Å². The minimum Gasteiger partial charge on any atom is -0.381 e. The van der Waals surface area contributed by atoms with E-state index in [-0.39, 0.29) is 5.03 Å². The monoisotopic (exact) mass is 284 g/mol. The molecule has 106 valence electrons. The molecular formula is C13H20N2O3S. The first kappa shape index (κ1) is 14.3. The molecule has 5 nitrogen and oxygen atoms in total. The van der Waals surface area contributed by atoms with Crippen LogP contribution in [0.5, 0.6) is 0 Å². The van der Waals surface area contributed by atoms with Crippen LogP contribution >= 0.6 is 0 Å². The quantitative estimate of drug-likeness (QED) is 0.914. The smallest absolute Gasteiger partial charge is 0.192 e. The highest BCUT2D eigenvalue weighted by Crippen LogP contribution is 2.23. The fraction of sp³-hybridized carbons (Fsp3) is 0.615. The molecule has 2 unspecified atom stereocenters. The van der Waals surface area contributed by atoms with E-state index in [1.807, 2.05) is 0 Å². The molecule has 2 rings (SSSR count). The summed E-state index contributed by atoms with van der Waals surface area (Å²) >= 11 is 0. The number of methoxy groups -OCH3 is 1. The van der Waals surface area contributed by atoms with E-state index < -0.39 is 9.84 Å². The third kappa shape index (κ3) is 3.91. The van der Waals surface area contributed by atoms with Crippen molar-refractivity contribution in [1.29, 1.82) is 0 Å². The van der Waals surface area contributed by atoms with E-state index in [1.54, 1.807) is 19.4 Å². The van der Waals surface area contributed by atoms with Crippen LogP contribution in [-0.4, -0.2) is 38.9 Å². The van der Waals surface area contributed by atoms with Crippen molar-refractivity contribution in [3.8, 4) is 0 Å². The summed E-state index contributed by atoms with van der Waals surface area (Å²) in [6.07, 6.45) is 7.39. The number of nitrogens with zero attached hydrogens (tertiary/aromatic N) is 1. The first-order valence-corrected chi connectivity index (χ1v) is 8.33. The van der Waals surface area contributed by atoms with Crippen molar-refractivity contribution >= 4 is 15.5 Å². The minimum atomic E-state index is -3.22. The fourth-order valence-electron chi connectivity index (χ4n) is 2.41. The van der Waals surface area contributed by atoms with Crippen molar-refractivity contribution in [1.82, 2.24) is 4.98 Å². The Morgan fingerprint density at radius 3 is 2.74 bits per heavy atom. The number of rotatable bonds is 4. The van der Waals surface area contributed by atoms with Gasteiger partial charge in [-0.2, -0.15) is 0 Å². The summed E-state index contributed by atoms with van der Waals surface area (Å²) in [6, 6.07) is 3.67. The lowest BCUT2D eigenvalue weighted by Gasteiger charge is -2.29. The molecule has 1 saturated carbocycles. The second-order valence-corrected chi connectivity index (χ2v) is 6.99. The van der Waals surface area contributed by atoms with E-state index in [2.05, 4.69) is 10.3 Å². The fourth-order valence-corrected chi connectivity index (χ4v) is 2.97. The normalized spacial score (nSPS) is 24.1. The molecule has 1 N–H and O–H groups in total. The van der Waals surface area contributed by atoms with Crippen molar-refractivity contribution < 1.29 is 13.2 Å². The van der Waals surface area contributed by atoms with E-state index >= 15 is 0 Å². The average molecular weight is 284 g/mol. The second kappa shape index (κ2) is 5.88. The van der Waals surface area contributed by atoms with Gasteiger partial charge in [-0.05, 0) is 37.8 Å². The summed E-state index contributed by atoms with van der Waals surface area (Å²) in [5.41, 5.74) is 0.856. The molecule has 1 aromatic rings. The Morgan fingerprint density at radius 2 is 2.16 bits per heavy atom. The maximum atomic E-state index is 11.3. The summed E-state index contributed by atoms with van der Waals surface area (Å²) in [4.78, 5) is 3.97. The predicted molar refractivity (Wildman–Crippen MR) is 74.0 cm³/mol. The Kier molecular flexibility index (Phi) is 4.42. The molecule has 0 saturated heterocycles. The van der Waals surface area contributed by atoms with Crippen LogP contribution in [0.25, 0.3) is 0 Å². The summed E-state index contributed by atoms with van der Waals surface area (Å²) < 4.78 is 28.0. The van der Waals surface area contributed by atoms with E-state index in [0.29, 0.717) is 12.1 Å². The van der Waals surface area contributed by atoms with Crippen LogP contribution in [0.15, 0.2) is 23.4 Å². The first-order valence-electron chi connectivity index (χ1n) is 6.44. The SMILES string of the molecule is COC1CCCC(Nc2ccc(S(C)(=O)=O)nc2)C1. The highest BCUT2D eigenvalue weighted by atomic mass is 32.2. The van der Waals surface area contributed by atoms with Gasteiger partial charge < -0.3 is 10.1 Å². The van der Waals surface area contributed by atoms with Crippen LogP contribution in [0.2, 0.25) is 0 Å². The van der Waals surface area contributed by atoms with Crippen molar-refractivity contribution in [2.24, 2.45) is 0 Å². The Labute approximate surface area is 114 Å². The van der Waals surface area contributed by atoms with E-state index in [1.165, 1.54) is 6.07 Å². The highest BCUT2D eigenvalue weighted by Gasteiger charge is 2.21. The summed E-state index contributed by atoms with van der Waals surface area (Å²) in [5.74, 6) is 0. The Morgan fingerprint density at radius 1 is 1.37 bits per heavy atom. The number of anilines is 1. The summed E-state index contributed by atoms with van der Waals surface area (Å²) in [5, 5.41) is 3.49. The molecule has 0 aliphatic heterocycles. The lowest BCUT2D eigenvalue weighted by molar-refractivity contribution is 0.0669. The van der Waals surface area contributed by atoms with Gasteiger partial charge in [-0.3, -0.25) is 0 Å². The summed E-state index contributed by atoms with van der Waals surface area (Å²) in [6.45, 7) is 0. The Hall–Kier alpha value is -1.14. The van der Waals surface area contributed by atoms with E-state index in [0.717, 1.165) is 37.6 Å². The van der Waals surface area contributed by atoms with Gasteiger partial charge in [0.05, 0.1) is 18.0 Å². The average Bonchev–Trinajstić information content (AvgIpc) is 2.38. The van der Waals surface area contributed by atoms with Crippen molar-refractivity contribution in [2.45, 2.75) is 42.9 Å². The largest absolute Gasteiger partial charge is 0.381 e. The van der Waals surface area contributed by atoms with Crippen LogP contribution in [0.1, 0.15) is 25.7 Å². The topological polar surface area (TPSA) is 68.3 Å². The maximum Gasteiger partial charge on any atom is 0.192 e. The second-order valence-electron chi connectivity index (χ2n) is 5.02. The molecular weight excluding hydrogens is 264 g/mol. The standard InChI is InChI=1S/C13H20N2O3S/c1-18-12-5-3-4-10(8-12)15-11-6-7-13(14-9-11)19(2,16)17/h6-7,9-10,12,15H,3-5,8H2,1-2H3. The molecule has 2 atom stereocenters. The van der Waals surface area contributed by atoms with Gasteiger partial charge in [-0.1, -0.05) is 0 Å². The van der Waals surface area contributed by atoms with Gasteiger partial charge in [0.2, 0.25) is 0 Å². The number of ether oxygens (including phenoxy) is 1. The molecule has 0 spiro atoms. The predicted octanol–water partition coefficient (Wildman–Crippen LogP) is 1.85. The number of aromatic nitrogens is 1. The zero-order chi connectivity index (χ0) is 13.9. The maximum absolute atomic E-state index is 11.3. The summed E-state index contributed by atoms with van der Waals surface area (Å²) in [7, 11) is -1.48. The highest BCUT2D eigenvalue weighted by molar-refractivity contribution is 7.90. The molecule has 0 aromatic carbocycles. The van der Waals surface area contributed by atoms with Gasteiger partial charge in [0.15, 0.2) is 14.9 Å².